The highest BCUT2D eigenvalue weighted by atomic mass is 79.9. The fourth-order valence-corrected chi connectivity index (χ4v) is 3.00. The van der Waals surface area contributed by atoms with Crippen molar-refractivity contribution in [3.63, 3.8) is 0 Å². The molecule has 1 aromatic carbocycles. The minimum atomic E-state index is 0.500. The number of aromatic nitrogens is 1. The molecule has 0 radical (unpaired) electrons. The van der Waals surface area contributed by atoms with Crippen molar-refractivity contribution in [2.75, 3.05) is 0 Å². The van der Waals surface area contributed by atoms with Gasteiger partial charge in [-0.1, -0.05) is 41.9 Å². The third kappa shape index (κ3) is 2.36. The van der Waals surface area contributed by atoms with Gasteiger partial charge in [-0.3, -0.25) is 0 Å². The van der Waals surface area contributed by atoms with Gasteiger partial charge >= 0.3 is 0 Å². The lowest BCUT2D eigenvalue weighted by Gasteiger charge is -2.00. The molecule has 0 fully saturated rings. The number of halogens is 1. The zero-order valence-electron chi connectivity index (χ0n) is 9.62. The van der Waals surface area contributed by atoms with Gasteiger partial charge in [-0.15, -0.1) is 11.3 Å². The van der Waals surface area contributed by atoms with Gasteiger partial charge in [0.1, 0.15) is 5.01 Å². The van der Waals surface area contributed by atoms with Crippen LogP contribution in [0.3, 0.4) is 0 Å². The van der Waals surface area contributed by atoms with Gasteiger partial charge < -0.3 is 0 Å². The topological polar surface area (TPSA) is 12.9 Å². The van der Waals surface area contributed by atoms with Crippen LogP contribution in [0.1, 0.15) is 30.3 Å². The highest BCUT2D eigenvalue weighted by molar-refractivity contribution is 9.10. The molecule has 3 heteroatoms. The molecule has 1 aromatic heterocycles. The number of aryl methyl sites for hydroxylation is 1. The fraction of sp³-hybridized carbons (Fsp3) is 0.308. The number of hydrogen-bond acceptors (Lipinski definition) is 2. The van der Waals surface area contributed by atoms with Crippen LogP contribution in [0.15, 0.2) is 28.7 Å². The summed E-state index contributed by atoms with van der Waals surface area (Å²) in [6.45, 7) is 6.52. The summed E-state index contributed by atoms with van der Waals surface area (Å²) >= 11 is 5.22. The predicted molar refractivity (Wildman–Crippen MR) is 74.1 cm³/mol. The summed E-state index contributed by atoms with van der Waals surface area (Å²) in [6.07, 6.45) is 0. The molecule has 0 N–H and O–H groups in total. The summed E-state index contributed by atoms with van der Waals surface area (Å²) in [6, 6.07) is 8.32. The summed E-state index contributed by atoms with van der Waals surface area (Å²) in [5, 5.41) is 1.12. The first kappa shape index (κ1) is 11.8. The van der Waals surface area contributed by atoms with Gasteiger partial charge in [-0.25, -0.2) is 4.98 Å². The van der Waals surface area contributed by atoms with E-state index in [4.69, 9.17) is 4.98 Å². The van der Waals surface area contributed by atoms with Crippen LogP contribution in [-0.2, 0) is 0 Å². The normalized spacial score (nSPS) is 11.1. The zero-order chi connectivity index (χ0) is 11.7. The molecule has 0 aliphatic carbocycles. The Morgan fingerprint density at radius 2 is 1.81 bits per heavy atom. The Bertz CT molecular complexity index is 485. The largest absolute Gasteiger partial charge is 0.241 e. The quantitative estimate of drug-likeness (QED) is 0.759. The smallest absolute Gasteiger partial charge is 0.123 e. The predicted octanol–water partition coefficient (Wildman–Crippen LogP) is 5.00. The minimum absolute atomic E-state index is 0.500. The molecule has 1 nitrogen and oxygen atoms in total. The molecule has 2 aromatic rings. The molecule has 1 heterocycles. The van der Waals surface area contributed by atoms with Crippen molar-refractivity contribution in [1.29, 1.82) is 0 Å². The maximum atomic E-state index is 4.71. The van der Waals surface area contributed by atoms with Gasteiger partial charge in [-0.05, 0) is 25.0 Å². The molecule has 0 bridgehead atoms. The molecule has 0 spiro atoms. The number of thiazole rings is 1. The average molecular weight is 296 g/mol. The van der Waals surface area contributed by atoms with E-state index in [0.717, 1.165) is 9.48 Å². The van der Waals surface area contributed by atoms with Gasteiger partial charge in [-0.2, -0.15) is 0 Å². The molecule has 0 saturated carbocycles. The van der Waals surface area contributed by atoms with Crippen LogP contribution in [-0.4, -0.2) is 4.98 Å². The van der Waals surface area contributed by atoms with Crippen LogP contribution >= 0.6 is 27.3 Å². The Hall–Kier alpha value is -0.670. The molecular formula is C13H14BrNS. The molecule has 0 unspecified atom stereocenters. The first-order valence-corrected chi connectivity index (χ1v) is 6.92. The van der Waals surface area contributed by atoms with E-state index in [1.165, 1.54) is 16.1 Å². The Morgan fingerprint density at radius 3 is 2.31 bits per heavy atom. The first-order valence-electron chi connectivity index (χ1n) is 5.31. The van der Waals surface area contributed by atoms with Crippen molar-refractivity contribution < 1.29 is 0 Å². The van der Waals surface area contributed by atoms with Crippen molar-refractivity contribution in [2.24, 2.45) is 0 Å². The van der Waals surface area contributed by atoms with Gasteiger partial charge in [0.2, 0.25) is 0 Å². The van der Waals surface area contributed by atoms with Crippen LogP contribution in [0.25, 0.3) is 10.6 Å². The molecule has 2 rings (SSSR count). The first-order chi connectivity index (χ1) is 7.58. The van der Waals surface area contributed by atoms with Crippen molar-refractivity contribution in [3.05, 3.63) is 39.3 Å². The van der Waals surface area contributed by atoms with Crippen molar-refractivity contribution in [1.82, 2.24) is 4.98 Å². The molecule has 0 saturated heterocycles. The van der Waals surface area contributed by atoms with Crippen LogP contribution in [0, 0.1) is 6.92 Å². The number of nitrogens with zero attached hydrogens (tertiary/aromatic N) is 1. The molecular weight excluding hydrogens is 282 g/mol. The summed E-state index contributed by atoms with van der Waals surface area (Å²) in [5.41, 5.74) is 2.42. The molecule has 16 heavy (non-hydrogen) atoms. The molecule has 84 valence electrons. The lowest BCUT2D eigenvalue weighted by molar-refractivity contribution is 0.826. The maximum absolute atomic E-state index is 4.71. The highest BCUT2D eigenvalue weighted by Gasteiger charge is 2.11. The second kappa shape index (κ2) is 4.68. The van der Waals surface area contributed by atoms with E-state index in [9.17, 15) is 0 Å². The summed E-state index contributed by atoms with van der Waals surface area (Å²) < 4.78 is 1.11. The van der Waals surface area contributed by atoms with E-state index in [-0.39, 0.29) is 0 Å². The van der Waals surface area contributed by atoms with Crippen molar-refractivity contribution >= 4 is 27.3 Å². The third-order valence-corrected chi connectivity index (χ3v) is 4.03. The van der Waals surface area contributed by atoms with Crippen LogP contribution in [0.2, 0.25) is 0 Å². The van der Waals surface area contributed by atoms with Gasteiger partial charge in [0.25, 0.3) is 0 Å². The molecule has 0 amide bonds. The van der Waals surface area contributed by atoms with Crippen molar-refractivity contribution in [2.45, 2.75) is 26.7 Å². The monoisotopic (exact) mass is 295 g/mol. The maximum Gasteiger partial charge on any atom is 0.123 e. The average Bonchev–Trinajstić information content (AvgIpc) is 2.61. The van der Waals surface area contributed by atoms with Crippen LogP contribution < -0.4 is 0 Å². The van der Waals surface area contributed by atoms with E-state index in [0.29, 0.717) is 5.92 Å². The van der Waals surface area contributed by atoms with Gasteiger partial charge in [0.15, 0.2) is 0 Å². The van der Waals surface area contributed by atoms with E-state index in [1.54, 1.807) is 11.3 Å². The Kier molecular flexibility index (Phi) is 3.45. The van der Waals surface area contributed by atoms with Gasteiger partial charge in [0.05, 0.1) is 5.69 Å². The number of hydrogen-bond donors (Lipinski definition) is 0. The number of rotatable bonds is 2. The highest BCUT2D eigenvalue weighted by Crippen LogP contribution is 2.31. The Labute approximate surface area is 109 Å². The van der Waals surface area contributed by atoms with E-state index < -0.39 is 0 Å². The Morgan fingerprint density at radius 1 is 1.19 bits per heavy atom. The van der Waals surface area contributed by atoms with Crippen LogP contribution in [0.5, 0.6) is 0 Å². The molecule has 0 aliphatic heterocycles. The fourth-order valence-electron chi connectivity index (χ4n) is 1.66. The van der Waals surface area contributed by atoms with Crippen LogP contribution in [0.4, 0.5) is 0 Å². The standard InChI is InChI=1S/C13H14BrNS/c1-8(2)12-9(3)16-13(15-12)10-4-6-11(14)7-5-10/h4-8H,1-3H3. The minimum Gasteiger partial charge on any atom is -0.241 e. The van der Waals surface area contributed by atoms with E-state index in [2.05, 4.69) is 61.0 Å². The van der Waals surface area contributed by atoms with Gasteiger partial charge in [0, 0.05) is 14.9 Å². The SMILES string of the molecule is Cc1sc(-c2ccc(Br)cc2)nc1C(C)C. The summed E-state index contributed by atoms with van der Waals surface area (Å²) in [7, 11) is 0. The number of benzene rings is 1. The van der Waals surface area contributed by atoms with Crippen molar-refractivity contribution in [3.8, 4) is 10.6 Å². The second-order valence-corrected chi connectivity index (χ2v) is 6.24. The Balaban J connectivity index is 2.41. The second-order valence-electron chi connectivity index (χ2n) is 4.12. The molecule has 0 atom stereocenters. The summed E-state index contributed by atoms with van der Waals surface area (Å²) in [4.78, 5) is 6.04. The lowest BCUT2D eigenvalue weighted by Crippen LogP contribution is -1.89. The molecule has 0 aliphatic rings. The summed E-state index contributed by atoms with van der Waals surface area (Å²) in [5.74, 6) is 0.500. The van der Waals surface area contributed by atoms with E-state index in [1.807, 2.05) is 0 Å². The lowest BCUT2D eigenvalue weighted by atomic mass is 10.1. The third-order valence-electron chi connectivity index (χ3n) is 2.47. The van der Waals surface area contributed by atoms with E-state index >= 15 is 0 Å². The zero-order valence-corrected chi connectivity index (χ0v) is 12.0.